The lowest BCUT2D eigenvalue weighted by molar-refractivity contribution is -0.139. The average molecular weight is 271 g/mol. The smallest absolute Gasteiger partial charge is 0.244 e. The Morgan fingerprint density at radius 1 is 1.45 bits per heavy atom. The van der Waals surface area contributed by atoms with Crippen LogP contribution in [0.2, 0.25) is 0 Å². The van der Waals surface area contributed by atoms with Gasteiger partial charge >= 0.3 is 0 Å². The minimum Gasteiger partial charge on any atom is -0.360 e. The molecule has 1 saturated heterocycles. The molecular weight excluding hydrogens is 254 g/mol. The SMILES string of the molecule is N#CC1CN(C(=O)C2NCCc3ccccc32)CCO1. The summed E-state index contributed by atoms with van der Waals surface area (Å²) in [5.74, 6) is 0.0423. The number of fused-ring (bicyclic) bond motifs is 1. The van der Waals surface area contributed by atoms with Gasteiger partial charge in [-0.3, -0.25) is 4.79 Å². The number of nitrogens with one attached hydrogen (secondary N) is 1. The van der Waals surface area contributed by atoms with E-state index in [9.17, 15) is 4.79 Å². The summed E-state index contributed by atoms with van der Waals surface area (Å²) in [6, 6.07) is 9.83. The molecule has 0 saturated carbocycles. The molecule has 0 aromatic heterocycles. The standard InChI is InChI=1S/C15H17N3O2/c16-9-12-10-18(7-8-20-12)15(19)14-13-4-2-1-3-11(13)5-6-17-14/h1-4,12,14,17H,5-8,10H2. The summed E-state index contributed by atoms with van der Waals surface area (Å²) in [7, 11) is 0. The minimum absolute atomic E-state index is 0.0423. The third kappa shape index (κ3) is 2.40. The number of amides is 1. The quantitative estimate of drug-likeness (QED) is 0.813. The van der Waals surface area contributed by atoms with E-state index in [1.807, 2.05) is 18.2 Å². The zero-order chi connectivity index (χ0) is 13.9. The van der Waals surface area contributed by atoms with E-state index in [4.69, 9.17) is 10.00 Å². The fraction of sp³-hybridized carbons (Fsp3) is 0.467. The molecule has 0 radical (unpaired) electrons. The van der Waals surface area contributed by atoms with E-state index in [0.29, 0.717) is 19.7 Å². The summed E-state index contributed by atoms with van der Waals surface area (Å²) in [5, 5.41) is 12.2. The largest absolute Gasteiger partial charge is 0.360 e. The zero-order valence-corrected chi connectivity index (χ0v) is 11.2. The second-order valence-corrected chi connectivity index (χ2v) is 5.11. The minimum atomic E-state index is -0.508. The monoisotopic (exact) mass is 271 g/mol. The molecule has 2 unspecified atom stereocenters. The average Bonchev–Trinajstić information content (AvgIpc) is 2.53. The van der Waals surface area contributed by atoms with Crippen LogP contribution in [0.3, 0.4) is 0 Å². The van der Waals surface area contributed by atoms with Crippen molar-refractivity contribution in [3.63, 3.8) is 0 Å². The number of nitrogens with zero attached hydrogens (tertiary/aromatic N) is 2. The Labute approximate surface area is 118 Å². The molecule has 0 aliphatic carbocycles. The molecular formula is C15H17N3O2. The van der Waals surface area contributed by atoms with Crippen LogP contribution in [0.25, 0.3) is 0 Å². The lowest BCUT2D eigenvalue weighted by Gasteiger charge is -2.35. The second-order valence-electron chi connectivity index (χ2n) is 5.11. The molecule has 2 aliphatic rings. The third-order valence-electron chi connectivity index (χ3n) is 3.88. The Morgan fingerprint density at radius 2 is 2.30 bits per heavy atom. The molecule has 1 aromatic carbocycles. The highest BCUT2D eigenvalue weighted by Gasteiger charge is 2.32. The molecule has 20 heavy (non-hydrogen) atoms. The first-order valence-electron chi connectivity index (χ1n) is 6.91. The van der Waals surface area contributed by atoms with Crippen LogP contribution < -0.4 is 5.32 Å². The highest BCUT2D eigenvalue weighted by Crippen LogP contribution is 2.25. The molecule has 5 heteroatoms. The second kappa shape index (κ2) is 5.61. The van der Waals surface area contributed by atoms with Crippen LogP contribution in [0.1, 0.15) is 17.2 Å². The van der Waals surface area contributed by atoms with Gasteiger partial charge in [-0.25, -0.2) is 0 Å². The number of hydrogen-bond donors (Lipinski definition) is 1. The van der Waals surface area contributed by atoms with Crippen molar-refractivity contribution in [2.45, 2.75) is 18.6 Å². The van der Waals surface area contributed by atoms with Crippen molar-refractivity contribution in [2.75, 3.05) is 26.2 Å². The number of nitriles is 1. The van der Waals surface area contributed by atoms with Gasteiger partial charge in [0.05, 0.1) is 19.2 Å². The Morgan fingerprint density at radius 3 is 3.15 bits per heavy atom. The molecule has 5 nitrogen and oxygen atoms in total. The number of carbonyl (C=O) groups is 1. The van der Waals surface area contributed by atoms with E-state index in [0.717, 1.165) is 18.5 Å². The number of morpholine rings is 1. The highest BCUT2D eigenvalue weighted by molar-refractivity contribution is 5.84. The summed E-state index contributed by atoms with van der Waals surface area (Å²) in [4.78, 5) is 14.4. The first-order chi connectivity index (χ1) is 9.79. The molecule has 1 amide bonds. The van der Waals surface area contributed by atoms with Gasteiger partial charge in [0, 0.05) is 13.1 Å². The zero-order valence-electron chi connectivity index (χ0n) is 11.2. The van der Waals surface area contributed by atoms with Crippen molar-refractivity contribution in [3.05, 3.63) is 35.4 Å². The van der Waals surface area contributed by atoms with Crippen LogP contribution in [-0.2, 0) is 16.0 Å². The van der Waals surface area contributed by atoms with Crippen molar-refractivity contribution in [2.24, 2.45) is 0 Å². The molecule has 2 aliphatic heterocycles. The third-order valence-corrected chi connectivity index (χ3v) is 3.88. The summed E-state index contributed by atoms with van der Waals surface area (Å²) >= 11 is 0. The van der Waals surface area contributed by atoms with Crippen LogP contribution in [0, 0.1) is 11.3 Å². The lowest BCUT2D eigenvalue weighted by Crippen LogP contribution is -2.50. The van der Waals surface area contributed by atoms with Crippen molar-refractivity contribution in [3.8, 4) is 6.07 Å². The van der Waals surface area contributed by atoms with Crippen LogP contribution in [0.5, 0.6) is 0 Å². The summed E-state index contributed by atoms with van der Waals surface area (Å²) in [6.07, 6.45) is 0.440. The van der Waals surface area contributed by atoms with Gasteiger partial charge in [0.15, 0.2) is 6.10 Å². The molecule has 1 aromatic rings. The fourth-order valence-electron chi connectivity index (χ4n) is 2.84. The van der Waals surface area contributed by atoms with Crippen LogP contribution in [0.4, 0.5) is 0 Å². The van der Waals surface area contributed by atoms with E-state index in [2.05, 4.69) is 17.5 Å². The van der Waals surface area contributed by atoms with Gasteiger partial charge < -0.3 is 15.0 Å². The topological polar surface area (TPSA) is 65.4 Å². The Bertz CT molecular complexity index is 552. The van der Waals surface area contributed by atoms with E-state index < -0.39 is 6.10 Å². The maximum Gasteiger partial charge on any atom is 0.244 e. The van der Waals surface area contributed by atoms with Gasteiger partial charge in [0.2, 0.25) is 5.91 Å². The first-order valence-corrected chi connectivity index (χ1v) is 6.91. The highest BCUT2D eigenvalue weighted by atomic mass is 16.5. The van der Waals surface area contributed by atoms with Gasteiger partial charge in [0.25, 0.3) is 0 Å². The van der Waals surface area contributed by atoms with Crippen molar-refractivity contribution in [1.29, 1.82) is 5.26 Å². The molecule has 0 bridgehead atoms. The van der Waals surface area contributed by atoms with Crippen LogP contribution in [0.15, 0.2) is 24.3 Å². The molecule has 0 spiro atoms. The predicted molar refractivity (Wildman–Crippen MR) is 72.8 cm³/mol. The molecule has 1 fully saturated rings. The molecule has 104 valence electrons. The number of ether oxygens (including phenoxy) is 1. The molecule has 2 atom stereocenters. The maximum atomic E-state index is 12.7. The van der Waals surface area contributed by atoms with E-state index in [1.54, 1.807) is 4.90 Å². The normalized spacial score (nSPS) is 25.6. The van der Waals surface area contributed by atoms with E-state index in [1.165, 1.54) is 5.56 Å². The first kappa shape index (κ1) is 13.1. The van der Waals surface area contributed by atoms with E-state index >= 15 is 0 Å². The van der Waals surface area contributed by atoms with Gasteiger partial charge in [-0.15, -0.1) is 0 Å². The lowest BCUT2D eigenvalue weighted by atomic mass is 9.93. The van der Waals surface area contributed by atoms with Crippen molar-refractivity contribution < 1.29 is 9.53 Å². The van der Waals surface area contributed by atoms with Gasteiger partial charge in [-0.2, -0.15) is 5.26 Å². The van der Waals surface area contributed by atoms with E-state index in [-0.39, 0.29) is 11.9 Å². The molecule has 3 rings (SSSR count). The summed E-state index contributed by atoms with van der Waals surface area (Å²) in [5.41, 5.74) is 2.29. The summed E-state index contributed by atoms with van der Waals surface area (Å²) in [6.45, 7) is 2.14. The van der Waals surface area contributed by atoms with Crippen LogP contribution >= 0.6 is 0 Å². The van der Waals surface area contributed by atoms with Gasteiger partial charge in [0.1, 0.15) is 6.04 Å². The fourth-order valence-corrected chi connectivity index (χ4v) is 2.84. The number of carbonyl (C=O) groups excluding carboxylic acids is 1. The van der Waals surface area contributed by atoms with Gasteiger partial charge in [-0.1, -0.05) is 24.3 Å². The van der Waals surface area contributed by atoms with Crippen molar-refractivity contribution >= 4 is 5.91 Å². The molecule has 2 heterocycles. The van der Waals surface area contributed by atoms with Crippen LogP contribution in [-0.4, -0.2) is 43.2 Å². The number of rotatable bonds is 1. The summed E-state index contributed by atoms with van der Waals surface area (Å²) < 4.78 is 5.29. The van der Waals surface area contributed by atoms with Gasteiger partial charge in [-0.05, 0) is 17.5 Å². The maximum absolute atomic E-state index is 12.7. The van der Waals surface area contributed by atoms with Crippen molar-refractivity contribution in [1.82, 2.24) is 10.2 Å². The number of hydrogen-bond acceptors (Lipinski definition) is 4. The Kier molecular flexibility index (Phi) is 3.68. The predicted octanol–water partition coefficient (Wildman–Crippen LogP) is 0.624. The number of benzene rings is 1. The Balaban J connectivity index is 1.80. The Hall–Kier alpha value is -1.90. The molecule has 1 N–H and O–H groups in total.